The van der Waals surface area contributed by atoms with Crippen molar-refractivity contribution < 1.29 is 9.18 Å². The van der Waals surface area contributed by atoms with Crippen molar-refractivity contribution in [3.8, 4) is 0 Å². The lowest BCUT2D eigenvalue weighted by molar-refractivity contribution is 0.0911. The van der Waals surface area contributed by atoms with Crippen molar-refractivity contribution in [1.29, 1.82) is 0 Å². The molecule has 0 radical (unpaired) electrons. The molecule has 1 fully saturated rings. The summed E-state index contributed by atoms with van der Waals surface area (Å²) in [4.78, 5) is 14.5. The highest BCUT2D eigenvalue weighted by Crippen LogP contribution is 2.14. The maximum Gasteiger partial charge on any atom is 0.251 e. The Hall–Kier alpha value is -1.62. The molecule has 1 amide bonds. The summed E-state index contributed by atoms with van der Waals surface area (Å²) in [5, 5.41) is 3.00. The molecule has 0 saturated carbocycles. The smallest absolute Gasteiger partial charge is 0.251 e. The van der Waals surface area contributed by atoms with Crippen molar-refractivity contribution in [3.05, 3.63) is 29.6 Å². The van der Waals surface area contributed by atoms with Crippen LogP contribution in [0.2, 0.25) is 0 Å². The van der Waals surface area contributed by atoms with Gasteiger partial charge in [0.15, 0.2) is 0 Å². The van der Waals surface area contributed by atoms with Crippen molar-refractivity contribution in [2.75, 3.05) is 25.4 Å². The molecule has 4 nitrogen and oxygen atoms in total. The summed E-state index contributed by atoms with van der Waals surface area (Å²) < 4.78 is 13.1. The van der Waals surface area contributed by atoms with Gasteiger partial charge in [0, 0.05) is 24.7 Å². The molecule has 2 rings (SSSR count). The van der Waals surface area contributed by atoms with Crippen molar-refractivity contribution >= 4 is 11.6 Å². The lowest BCUT2D eigenvalue weighted by atomic mass is 10.0. The summed E-state index contributed by atoms with van der Waals surface area (Å²) in [6.07, 6.45) is 3.08. The molecule has 110 valence electrons. The van der Waals surface area contributed by atoms with E-state index in [4.69, 9.17) is 5.73 Å². The predicted octanol–water partition coefficient (Wildman–Crippen LogP) is 2.01. The van der Waals surface area contributed by atoms with Gasteiger partial charge in [-0.3, -0.25) is 4.79 Å². The summed E-state index contributed by atoms with van der Waals surface area (Å²) >= 11 is 0. The van der Waals surface area contributed by atoms with Crippen LogP contribution in [0.5, 0.6) is 0 Å². The zero-order valence-corrected chi connectivity index (χ0v) is 11.9. The molecule has 5 heteroatoms. The van der Waals surface area contributed by atoms with Crippen molar-refractivity contribution in [2.24, 2.45) is 0 Å². The minimum absolute atomic E-state index is 0.00964. The molecule has 0 atom stereocenters. The molecule has 1 aromatic rings. The van der Waals surface area contributed by atoms with Crippen molar-refractivity contribution in [1.82, 2.24) is 10.2 Å². The molecule has 1 heterocycles. The Morgan fingerprint density at radius 2 is 2.15 bits per heavy atom. The lowest BCUT2D eigenvalue weighted by Gasteiger charge is -2.32. The summed E-state index contributed by atoms with van der Waals surface area (Å²) in [5.41, 5.74) is 5.91. The second-order valence-electron chi connectivity index (χ2n) is 5.33. The minimum atomic E-state index is -0.491. The van der Waals surface area contributed by atoms with Gasteiger partial charge in [0.25, 0.3) is 5.91 Å². The number of anilines is 1. The van der Waals surface area contributed by atoms with Gasteiger partial charge in [-0.25, -0.2) is 4.39 Å². The van der Waals surface area contributed by atoms with Crippen LogP contribution in [0.3, 0.4) is 0 Å². The highest BCUT2D eigenvalue weighted by Gasteiger charge is 2.20. The number of carbonyl (C=O) groups excluding carboxylic acids is 1. The number of amides is 1. The summed E-state index contributed by atoms with van der Waals surface area (Å²) in [6.45, 7) is 5.33. The van der Waals surface area contributed by atoms with E-state index in [9.17, 15) is 9.18 Å². The number of piperidine rings is 1. The largest absolute Gasteiger partial charge is 0.396 e. The summed E-state index contributed by atoms with van der Waals surface area (Å²) in [6, 6.07) is 4.28. The molecular formula is C15H22FN3O. The number of nitrogens with one attached hydrogen (secondary N) is 1. The number of carbonyl (C=O) groups is 1. The molecule has 0 unspecified atom stereocenters. The van der Waals surface area contributed by atoms with Gasteiger partial charge in [0.2, 0.25) is 0 Å². The molecule has 0 aliphatic carbocycles. The highest BCUT2D eigenvalue weighted by atomic mass is 19.1. The molecule has 0 bridgehead atoms. The van der Waals surface area contributed by atoms with Crippen LogP contribution in [-0.2, 0) is 0 Å². The Kier molecular flexibility index (Phi) is 4.95. The Balaban J connectivity index is 1.87. The van der Waals surface area contributed by atoms with Crippen LogP contribution in [0.25, 0.3) is 0 Å². The van der Waals surface area contributed by atoms with Gasteiger partial charge in [-0.15, -0.1) is 0 Å². The minimum Gasteiger partial charge on any atom is -0.396 e. The van der Waals surface area contributed by atoms with Gasteiger partial charge in [-0.05, 0) is 44.0 Å². The molecule has 0 spiro atoms. The first-order valence-electron chi connectivity index (χ1n) is 7.18. The number of hydrogen-bond donors (Lipinski definition) is 2. The highest BCUT2D eigenvalue weighted by molar-refractivity contribution is 5.95. The molecule has 1 aliphatic heterocycles. The molecule has 0 aromatic heterocycles. The van der Waals surface area contributed by atoms with Gasteiger partial charge in [-0.1, -0.05) is 6.92 Å². The molecule has 1 saturated heterocycles. The maximum absolute atomic E-state index is 13.1. The molecule has 20 heavy (non-hydrogen) atoms. The van der Waals surface area contributed by atoms with Crippen molar-refractivity contribution in [3.63, 3.8) is 0 Å². The fourth-order valence-electron chi connectivity index (χ4n) is 2.57. The van der Waals surface area contributed by atoms with Crippen LogP contribution in [0.15, 0.2) is 18.2 Å². The van der Waals surface area contributed by atoms with Gasteiger partial charge < -0.3 is 16.0 Å². The second-order valence-corrected chi connectivity index (χ2v) is 5.33. The van der Waals surface area contributed by atoms with Crippen LogP contribution < -0.4 is 11.1 Å². The fraction of sp³-hybridized carbons (Fsp3) is 0.533. The Labute approximate surface area is 119 Å². The SMILES string of the molecule is CCCN1CCC(NC(=O)c2ccc(F)c(N)c2)CC1. The third-order valence-electron chi connectivity index (χ3n) is 3.72. The number of hydrogen-bond acceptors (Lipinski definition) is 3. The van der Waals surface area contributed by atoms with Crippen molar-refractivity contribution in [2.45, 2.75) is 32.2 Å². The molecule has 1 aromatic carbocycles. The maximum atomic E-state index is 13.1. The number of rotatable bonds is 4. The average Bonchev–Trinajstić information content (AvgIpc) is 2.44. The molecule has 3 N–H and O–H groups in total. The number of likely N-dealkylation sites (tertiary alicyclic amines) is 1. The number of nitrogens with zero attached hydrogens (tertiary/aromatic N) is 1. The lowest BCUT2D eigenvalue weighted by Crippen LogP contribution is -2.44. The Bertz CT molecular complexity index is 470. The van der Waals surface area contributed by atoms with E-state index in [1.54, 1.807) is 0 Å². The first-order valence-corrected chi connectivity index (χ1v) is 7.18. The molecular weight excluding hydrogens is 257 g/mol. The van der Waals surface area contributed by atoms with Crippen LogP contribution in [0, 0.1) is 5.82 Å². The normalized spacial score (nSPS) is 17.1. The summed E-state index contributed by atoms with van der Waals surface area (Å²) in [5.74, 6) is -0.667. The van der Waals surface area contributed by atoms with Crippen LogP contribution in [0.4, 0.5) is 10.1 Å². The topological polar surface area (TPSA) is 58.4 Å². The van der Waals surface area contributed by atoms with Gasteiger partial charge in [-0.2, -0.15) is 0 Å². The first-order chi connectivity index (χ1) is 9.60. The van der Waals surface area contributed by atoms with Gasteiger partial charge in [0.1, 0.15) is 5.82 Å². The third-order valence-corrected chi connectivity index (χ3v) is 3.72. The zero-order valence-electron chi connectivity index (χ0n) is 11.9. The monoisotopic (exact) mass is 279 g/mol. The molecule has 1 aliphatic rings. The van der Waals surface area contributed by atoms with E-state index in [0.29, 0.717) is 5.56 Å². The van der Waals surface area contributed by atoms with E-state index in [1.165, 1.54) is 18.2 Å². The number of nitrogens with two attached hydrogens (primary N) is 1. The zero-order chi connectivity index (χ0) is 14.5. The van der Waals surface area contributed by atoms with Crippen LogP contribution in [0.1, 0.15) is 36.5 Å². The Morgan fingerprint density at radius 1 is 1.45 bits per heavy atom. The van der Waals surface area contributed by atoms with E-state index in [-0.39, 0.29) is 17.6 Å². The number of halogens is 1. The number of benzene rings is 1. The van der Waals surface area contributed by atoms with Gasteiger partial charge in [0.05, 0.1) is 5.69 Å². The standard InChI is InChI=1S/C15H22FN3O/c1-2-7-19-8-5-12(6-9-19)18-15(20)11-3-4-13(16)14(17)10-11/h3-4,10,12H,2,5-9,17H2,1H3,(H,18,20). The van der Waals surface area contributed by atoms with E-state index in [2.05, 4.69) is 17.1 Å². The number of nitrogen functional groups attached to an aromatic ring is 1. The van der Waals surface area contributed by atoms with Gasteiger partial charge >= 0.3 is 0 Å². The van der Waals surface area contributed by atoms with E-state index < -0.39 is 5.82 Å². The second kappa shape index (κ2) is 6.70. The van der Waals surface area contributed by atoms with Crippen LogP contribution >= 0.6 is 0 Å². The quantitative estimate of drug-likeness (QED) is 0.829. The van der Waals surface area contributed by atoms with E-state index in [1.807, 2.05) is 0 Å². The fourth-order valence-corrected chi connectivity index (χ4v) is 2.57. The Morgan fingerprint density at radius 3 is 2.75 bits per heavy atom. The van der Waals surface area contributed by atoms with E-state index >= 15 is 0 Å². The predicted molar refractivity (Wildman–Crippen MR) is 78.0 cm³/mol. The van der Waals surface area contributed by atoms with E-state index in [0.717, 1.165) is 38.9 Å². The average molecular weight is 279 g/mol. The van der Waals surface area contributed by atoms with Crippen LogP contribution in [-0.4, -0.2) is 36.5 Å². The first kappa shape index (κ1) is 14.8. The third kappa shape index (κ3) is 3.70. The summed E-state index contributed by atoms with van der Waals surface area (Å²) in [7, 11) is 0.